The van der Waals surface area contributed by atoms with Gasteiger partial charge in [0.2, 0.25) is 5.91 Å². The third-order valence-electron chi connectivity index (χ3n) is 3.99. The van der Waals surface area contributed by atoms with E-state index in [4.69, 9.17) is 4.52 Å². The molecule has 2 aromatic carbocycles. The molecule has 2 heterocycles. The summed E-state index contributed by atoms with van der Waals surface area (Å²) in [6.07, 6.45) is -0.0307. The summed E-state index contributed by atoms with van der Waals surface area (Å²) in [5.41, 5.74) is 1.71. The van der Waals surface area contributed by atoms with E-state index in [9.17, 15) is 13.2 Å². The first-order chi connectivity index (χ1) is 14.5. The van der Waals surface area contributed by atoms with Gasteiger partial charge in [0.05, 0.1) is 6.42 Å². The van der Waals surface area contributed by atoms with Crippen LogP contribution in [-0.2, 0) is 21.2 Å². The maximum Gasteiger partial charge on any atom is 0.271 e. The van der Waals surface area contributed by atoms with Crippen molar-refractivity contribution < 1.29 is 17.7 Å². The number of nitrogens with one attached hydrogen (secondary N) is 2. The van der Waals surface area contributed by atoms with Crippen molar-refractivity contribution >= 4 is 38.6 Å². The summed E-state index contributed by atoms with van der Waals surface area (Å²) < 4.78 is 32.5. The fourth-order valence-corrected chi connectivity index (χ4v) is 4.67. The SMILES string of the molecule is O=C(Cc1noc(-c2ccc(NS(=O)(=O)c3cccs3)cc2)n1)Nc1ccccc1. The van der Waals surface area contributed by atoms with E-state index in [1.165, 1.54) is 6.07 Å². The van der Waals surface area contributed by atoms with Crippen molar-refractivity contribution in [3.8, 4) is 11.5 Å². The van der Waals surface area contributed by atoms with Crippen molar-refractivity contribution in [1.29, 1.82) is 0 Å². The molecule has 0 aliphatic carbocycles. The Bertz CT molecular complexity index is 1240. The number of nitrogens with zero attached hydrogens (tertiary/aromatic N) is 2. The number of rotatable bonds is 7. The predicted octanol–water partition coefficient (Wildman–Crippen LogP) is 3.78. The number of hydrogen-bond donors (Lipinski definition) is 2. The molecule has 1 amide bonds. The molecule has 0 saturated carbocycles. The van der Waals surface area contributed by atoms with E-state index < -0.39 is 10.0 Å². The van der Waals surface area contributed by atoms with E-state index >= 15 is 0 Å². The number of anilines is 2. The maximum atomic E-state index is 12.3. The van der Waals surface area contributed by atoms with Crippen molar-refractivity contribution in [1.82, 2.24) is 10.1 Å². The second kappa shape index (κ2) is 8.47. The Kier molecular flexibility index (Phi) is 5.59. The van der Waals surface area contributed by atoms with Gasteiger partial charge in [0.25, 0.3) is 15.9 Å². The van der Waals surface area contributed by atoms with Gasteiger partial charge in [-0.1, -0.05) is 29.4 Å². The van der Waals surface area contributed by atoms with E-state index in [1.54, 1.807) is 47.8 Å². The molecule has 8 nitrogen and oxygen atoms in total. The third kappa shape index (κ3) is 4.73. The fourth-order valence-electron chi connectivity index (χ4n) is 2.62. The monoisotopic (exact) mass is 440 g/mol. The number of amides is 1. The minimum Gasteiger partial charge on any atom is -0.334 e. The van der Waals surface area contributed by atoms with Crippen LogP contribution in [0.5, 0.6) is 0 Å². The fraction of sp³-hybridized carbons (Fsp3) is 0.0500. The number of carbonyl (C=O) groups is 1. The maximum absolute atomic E-state index is 12.3. The van der Waals surface area contributed by atoms with Crippen molar-refractivity contribution in [2.24, 2.45) is 0 Å². The standard InChI is InChI=1S/C20H16N4O4S2/c25-18(21-15-5-2-1-3-6-15)13-17-22-20(28-23-17)14-8-10-16(11-9-14)24-30(26,27)19-7-4-12-29-19/h1-12,24H,13H2,(H,21,25). The van der Waals surface area contributed by atoms with E-state index in [0.717, 1.165) is 11.3 Å². The van der Waals surface area contributed by atoms with Crippen LogP contribution in [0.3, 0.4) is 0 Å². The number of aromatic nitrogens is 2. The molecule has 152 valence electrons. The predicted molar refractivity (Wildman–Crippen MR) is 114 cm³/mol. The number of sulfonamides is 1. The van der Waals surface area contributed by atoms with E-state index in [-0.39, 0.29) is 28.3 Å². The van der Waals surface area contributed by atoms with E-state index in [0.29, 0.717) is 16.9 Å². The molecular formula is C20H16N4O4S2. The van der Waals surface area contributed by atoms with Gasteiger partial charge in [0.15, 0.2) is 5.82 Å². The lowest BCUT2D eigenvalue weighted by Gasteiger charge is -2.06. The molecule has 0 spiro atoms. The minimum absolute atomic E-state index is 0.0307. The molecular weight excluding hydrogens is 424 g/mol. The molecule has 0 fully saturated rings. The van der Waals surface area contributed by atoms with Crippen molar-refractivity contribution in [3.63, 3.8) is 0 Å². The van der Waals surface area contributed by atoms with Gasteiger partial charge in [-0.3, -0.25) is 9.52 Å². The second-order valence-electron chi connectivity index (χ2n) is 6.22. The zero-order chi connectivity index (χ0) is 21.0. The molecule has 0 aliphatic rings. The molecule has 0 radical (unpaired) electrons. The van der Waals surface area contributed by atoms with Crippen LogP contribution in [0.25, 0.3) is 11.5 Å². The summed E-state index contributed by atoms with van der Waals surface area (Å²) >= 11 is 1.14. The lowest BCUT2D eigenvalue weighted by Crippen LogP contribution is -2.15. The number of para-hydroxylation sites is 1. The first-order valence-corrected chi connectivity index (χ1v) is 11.2. The largest absolute Gasteiger partial charge is 0.334 e. The van der Waals surface area contributed by atoms with Crippen molar-refractivity contribution in [2.75, 3.05) is 10.0 Å². The molecule has 30 heavy (non-hydrogen) atoms. The second-order valence-corrected chi connectivity index (χ2v) is 9.08. The van der Waals surface area contributed by atoms with E-state index in [2.05, 4.69) is 20.2 Å². The smallest absolute Gasteiger partial charge is 0.271 e. The molecule has 0 bridgehead atoms. The highest BCUT2D eigenvalue weighted by atomic mass is 32.2. The van der Waals surface area contributed by atoms with Crippen LogP contribution >= 0.6 is 11.3 Å². The number of hydrogen-bond acceptors (Lipinski definition) is 7. The first-order valence-electron chi connectivity index (χ1n) is 8.84. The van der Waals surface area contributed by atoms with Crippen molar-refractivity contribution in [2.45, 2.75) is 10.6 Å². The summed E-state index contributed by atoms with van der Waals surface area (Å²) in [4.78, 5) is 16.3. The minimum atomic E-state index is -3.61. The zero-order valence-electron chi connectivity index (χ0n) is 15.5. The van der Waals surface area contributed by atoms with Gasteiger partial charge in [-0.05, 0) is 47.8 Å². The van der Waals surface area contributed by atoms with Crippen LogP contribution in [-0.4, -0.2) is 24.5 Å². The molecule has 10 heteroatoms. The lowest BCUT2D eigenvalue weighted by molar-refractivity contribution is -0.115. The van der Waals surface area contributed by atoms with Crippen LogP contribution in [0.15, 0.2) is 80.8 Å². The Hall–Kier alpha value is -3.50. The number of carbonyl (C=O) groups excluding carboxylic acids is 1. The van der Waals surface area contributed by atoms with Crippen LogP contribution in [0.2, 0.25) is 0 Å². The van der Waals surface area contributed by atoms with Gasteiger partial charge >= 0.3 is 0 Å². The molecule has 0 aliphatic heterocycles. The summed E-state index contributed by atoms with van der Waals surface area (Å²) in [7, 11) is -3.61. The lowest BCUT2D eigenvalue weighted by atomic mass is 10.2. The number of benzene rings is 2. The van der Waals surface area contributed by atoms with Gasteiger partial charge in [0.1, 0.15) is 4.21 Å². The van der Waals surface area contributed by atoms with Gasteiger partial charge < -0.3 is 9.84 Å². The average molecular weight is 441 g/mol. The Labute approximate surface area is 176 Å². The Morgan fingerprint density at radius 1 is 0.967 bits per heavy atom. The van der Waals surface area contributed by atoms with Crippen molar-refractivity contribution in [3.05, 3.63) is 77.9 Å². The van der Waals surface area contributed by atoms with Gasteiger partial charge in [0, 0.05) is 16.9 Å². The average Bonchev–Trinajstić information content (AvgIpc) is 3.42. The zero-order valence-corrected chi connectivity index (χ0v) is 17.1. The quantitative estimate of drug-likeness (QED) is 0.452. The van der Waals surface area contributed by atoms with Gasteiger partial charge in [-0.15, -0.1) is 11.3 Å². The molecule has 0 saturated heterocycles. The molecule has 2 aromatic heterocycles. The molecule has 4 rings (SSSR count). The Balaban J connectivity index is 1.40. The molecule has 0 unspecified atom stereocenters. The highest BCUT2D eigenvalue weighted by Crippen LogP contribution is 2.23. The summed E-state index contributed by atoms with van der Waals surface area (Å²) in [6.45, 7) is 0. The molecule has 2 N–H and O–H groups in total. The molecule has 0 atom stereocenters. The highest BCUT2D eigenvalue weighted by molar-refractivity contribution is 7.94. The topological polar surface area (TPSA) is 114 Å². The summed E-state index contributed by atoms with van der Waals surface area (Å²) in [5.74, 6) is 0.234. The third-order valence-corrected chi connectivity index (χ3v) is 6.77. The first kappa shape index (κ1) is 19.8. The normalized spacial score (nSPS) is 11.2. The van der Waals surface area contributed by atoms with Crippen LogP contribution in [0.4, 0.5) is 11.4 Å². The number of thiophene rings is 1. The van der Waals surface area contributed by atoms with Gasteiger partial charge in [-0.2, -0.15) is 4.98 Å². The Morgan fingerprint density at radius 3 is 2.43 bits per heavy atom. The Morgan fingerprint density at radius 2 is 1.73 bits per heavy atom. The van der Waals surface area contributed by atoms with Crippen LogP contribution < -0.4 is 10.0 Å². The highest BCUT2D eigenvalue weighted by Gasteiger charge is 2.16. The van der Waals surface area contributed by atoms with Gasteiger partial charge in [-0.25, -0.2) is 8.42 Å². The van der Waals surface area contributed by atoms with Crippen LogP contribution in [0, 0.1) is 0 Å². The van der Waals surface area contributed by atoms with Crippen LogP contribution in [0.1, 0.15) is 5.82 Å². The summed E-state index contributed by atoms with van der Waals surface area (Å²) in [6, 6.07) is 18.8. The van der Waals surface area contributed by atoms with E-state index in [1.807, 2.05) is 18.2 Å². The summed E-state index contributed by atoms with van der Waals surface area (Å²) in [5, 5.41) is 8.29. The molecule has 4 aromatic rings.